The molecule has 0 aliphatic carbocycles. The van der Waals surface area contributed by atoms with Crippen molar-refractivity contribution >= 4 is 11.6 Å². The molecule has 0 aliphatic rings. The normalized spacial score (nSPS) is 12.9. The molecule has 0 saturated heterocycles. The molecule has 5 heteroatoms. The van der Waals surface area contributed by atoms with E-state index < -0.39 is 6.04 Å². The van der Waals surface area contributed by atoms with Crippen LogP contribution in [0.15, 0.2) is 24.5 Å². The van der Waals surface area contributed by atoms with E-state index in [1.54, 1.807) is 0 Å². The SMILES string of the molecule is Cc1cccn2cc(CNC(=O)[C@@H](N)C(C)C)nc12. The second kappa shape index (κ2) is 5.40. The average molecular weight is 260 g/mol. The zero-order chi connectivity index (χ0) is 14.0. The smallest absolute Gasteiger partial charge is 0.237 e. The minimum Gasteiger partial charge on any atom is -0.349 e. The summed E-state index contributed by atoms with van der Waals surface area (Å²) < 4.78 is 1.96. The zero-order valence-corrected chi connectivity index (χ0v) is 11.6. The van der Waals surface area contributed by atoms with E-state index in [-0.39, 0.29) is 11.8 Å². The molecular formula is C14H20N4O. The van der Waals surface area contributed by atoms with Crippen LogP contribution in [0, 0.1) is 12.8 Å². The summed E-state index contributed by atoms with van der Waals surface area (Å²) in [4.78, 5) is 16.3. The predicted molar refractivity (Wildman–Crippen MR) is 74.6 cm³/mol. The summed E-state index contributed by atoms with van der Waals surface area (Å²) in [6, 6.07) is 3.51. The molecule has 1 atom stereocenters. The molecule has 0 saturated carbocycles. The number of rotatable bonds is 4. The molecular weight excluding hydrogens is 240 g/mol. The summed E-state index contributed by atoms with van der Waals surface area (Å²) in [5.41, 5.74) is 8.64. The van der Waals surface area contributed by atoms with Gasteiger partial charge in [-0.05, 0) is 24.5 Å². The summed E-state index contributed by atoms with van der Waals surface area (Å²) in [5.74, 6) is -0.00732. The van der Waals surface area contributed by atoms with Gasteiger partial charge in [-0.3, -0.25) is 4.79 Å². The van der Waals surface area contributed by atoms with Gasteiger partial charge in [-0.1, -0.05) is 19.9 Å². The Labute approximate surface area is 112 Å². The fourth-order valence-electron chi connectivity index (χ4n) is 1.89. The molecule has 0 aromatic carbocycles. The number of amides is 1. The molecule has 102 valence electrons. The minimum absolute atomic E-state index is 0.128. The number of hydrogen-bond acceptors (Lipinski definition) is 3. The van der Waals surface area contributed by atoms with Gasteiger partial charge in [0.25, 0.3) is 0 Å². The highest BCUT2D eigenvalue weighted by atomic mass is 16.2. The Balaban J connectivity index is 2.06. The third-order valence-electron chi connectivity index (χ3n) is 3.19. The van der Waals surface area contributed by atoms with Gasteiger partial charge in [0, 0.05) is 12.4 Å². The van der Waals surface area contributed by atoms with Crippen molar-refractivity contribution in [3.8, 4) is 0 Å². The lowest BCUT2D eigenvalue weighted by Crippen LogP contribution is -2.43. The summed E-state index contributed by atoms with van der Waals surface area (Å²) in [6.07, 6.45) is 3.87. The zero-order valence-electron chi connectivity index (χ0n) is 11.6. The maximum atomic E-state index is 11.8. The lowest BCUT2D eigenvalue weighted by atomic mass is 10.1. The highest BCUT2D eigenvalue weighted by Gasteiger charge is 2.17. The number of pyridine rings is 1. The van der Waals surface area contributed by atoms with Gasteiger partial charge in [0.05, 0.1) is 18.3 Å². The summed E-state index contributed by atoms with van der Waals surface area (Å²) in [6.45, 7) is 6.27. The Morgan fingerprint density at radius 2 is 2.26 bits per heavy atom. The molecule has 0 radical (unpaired) electrons. The molecule has 2 aromatic heterocycles. The van der Waals surface area contributed by atoms with Crippen molar-refractivity contribution in [1.29, 1.82) is 0 Å². The fraction of sp³-hybridized carbons (Fsp3) is 0.429. The van der Waals surface area contributed by atoms with E-state index >= 15 is 0 Å². The van der Waals surface area contributed by atoms with Crippen LogP contribution in [0.5, 0.6) is 0 Å². The van der Waals surface area contributed by atoms with Crippen LogP contribution in [0.25, 0.3) is 5.65 Å². The fourth-order valence-corrected chi connectivity index (χ4v) is 1.89. The number of hydrogen-bond donors (Lipinski definition) is 2. The number of imidazole rings is 1. The maximum absolute atomic E-state index is 11.8. The number of aromatic nitrogens is 2. The van der Waals surface area contributed by atoms with Crippen LogP contribution in [-0.2, 0) is 11.3 Å². The third kappa shape index (κ3) is 2.93. The Morgan fingerprint density at radius 1 is 1.53 bits per heavy atom. The first-order valence-corrected chi connectivity index (χ1v) is 6.45. The number of nitrogens with two attached hydrogens (primary N) is 1. The van der Waals surface area contributed by atoms with E-state index in [9.17, 15) is 4.79 Å². The van der Waals surface area contributed by atoms with E-state index in [1.807, 2.05) is 49.7 Å². The molecule has 2 aromatic rings. The summed E-state index contributed by atoms with van der Waals surface area (Å²) in [7, 11) is 0. The van der Waals surface area contributed by atoms with Crippen LogP contribution < -0.4 is 11.1 Å². The Hall–Kier alpha value is -1.88. The highest BCUT2D eigenvalue weighted by Crippen LogP contribution is 2.09. The molecule has 0 fully saturated rings. The largest absolute Gasteiger partial charge is 0.349 e. The van der Waals surface area contributed by atoms with E-state index in [0.29, 0.717) is 6.54 Å². The van der Waals surface area contributed by atoms with Crippen LogP contribution in [0.2, 0.25) is 0 Å². The first-order chi connectivity index (χ1) is 8.99. The summed E-state index contributed by atoms with van der Waals surface area (Å²) >= 11 is 0. The molecule has 0 unspecified atom stereocenters. The van der Waals surface area contributed by atoms with Crippen molar-refractivity contribution < 1.29 is 4.79 Å². The second-order valence-electron chi connectivity index (χ2n) is 5.14. The molecule has 0 bridgehead atoms. The van der Waals surface area contributed by atoms with Crippen molar-refractivity contribution in [1.82, 2.24) is 14.7 Å². The standard InChI is InChI=1S/C14H20N4O/c1-9(2)12(15)14(19)16-7-11-8-18-6-4-5-10(3)13(18)17-11/h4-6,8-9,12H,7,15H2,1-3H3,(H,16,19)/t12-/m0/s1. The predicted octanol–water partition coefficient (Wildman–Crippen LogP) is 1.24. The number of aryl methyl sites for hydroxylation is 1. The van der Waals surface area contributed by atoms with E-state index in [1.165, 1.54) is 0 Å². The third-order valence-corrected chi connectivity index (χ3v) is 3.19. The Kier molecular flexibility index (Phi) is 3.85. The van der Waals surface area contributed by atoms with Gasteiger partial charge in [-0.25, -0.2) is 4.98 Å². The van der Waals surface area contributed by atoms with Crippen molar-refractivity contribution in [3.05, 3.63) is 35.8 Å². The molecule has 2 heterocycles. The van der Waals surface area contributed by atoms with Gasteiger partial charge in [0.15, 0.2) is 0 Å². The van der Waals surface area contributed by atoms with Crippen molar-refractivity contribution in [2.45, 2.75) is 33.4 Å². The average Bonchev–Trinajstić information content (AvgIpc) is 2.79. The molecule has 0 spiro atoms. The Bertz CT molecular complexity index is 588. The molecule has 1 amide bonds. The first kappa shape index (κ1) is 13.5. The number of fused-ring (bicyclic) bond motifs is 1. The van der Waals surface area contributed by atoms with Crippen LogP contribution >= 0.6 is 0 Å². The number of nitrogens with zero attached hydrogens (tertiary/aromatic N) is 2. The van der Waals surface area contributed by atoms with E-state index in [4.69, 9.17) is 5.73 Å². The van der Waals surface area contributed by atoms with Crippen LogP contribution in [-0.4, -0.2) is 21.3 Å². The molecule has 3 N–H and O–H groups in total. The summed E-state index contributed by atoms with van der Waals surface area (Å²) in [5, 5.41) is 2.82. The molecule has 2 rings (SSSR count). The topological polar surface area (TPSA) is 72.4 Å². The maximum Gasteiger partial charge on any atom is 0.237 e. The van der Waals surface area contributed by atoms with E-state index in [0.717, 1.165) is 16.9 Å². The first-order valence-electron chi connectivity index (χ1n) is 6.45. The molecule has 5 nitrogen and oxygen atoms in total. The van der Waals surface area contributed by atoms with Gasteiger partial charge in [0.2, 0.25) is 5.91 Å². The lowest BCUT2D eigenvalue weighted by Gasteiger charge is -2.14. The Morgan fingerprint density at radius 3 is 2.89 bits per heavy atom. The monoisotopic (exact) mass is 260 g/mol. The van der Waals surface area contributed by atoms with Crippen molar-refractivity contribution in [3.63, 3.8) is 0 Å². The van der Waals surface area contributed by atoms with Gasteiger partial charge in [-0.2, -0.15) is 0 Å². The van der Waals surface area contributed by atoms with Gasteiger partial charge < -0.3 is 15.5 Å². The van der Waals surface area contributed by atoms with E-state index in [2.05, 4.69) is 10.3 Å². The second-order valence-corrected chi connectivity index (χ2v) is 5.14. The number of carbonyl (C=O) groups excluding carboxylic acids is 1. The quantitative estimate of drug-likeness (QED) is 0.868. The minimum atomic E-state index is -0.473. The highest BCUT2D eigenvalue weighted by molar-refractivity contribution is 5.81. The lowest BCUT2D eigenvalue weighted by molar-refractivity contribution is -0.123. The van der Waals surface area contributed by atoms with Crippen LogP contribution in [0.3, 0.4) is 0 Å². The van der Waals surface area contributed by atoms with Gasteiger partial charge >= 0.3 is 0 Å². The van der Waals surface area contributed by atoms with Crippen LogP contribution in [0.1, 0.15) is 25.1 Å². The van der Waals surface area contributed by atoms with Gasteiger partial charge in [0.1, 0.15) is 5.65 Å². The number of nitrogens with one attached hydrogen (secondary N) is 1. The molecule has 19 heavy (non-hydrogen) atoms. The van der Waals surface area contributed by atoms with Crippen molar-refractivity contribution in [2.75, 3.05) is 0 Å². The van der Waals surface area contributed by atoms with Crippen molar-refractivity contribution in [2.24, 2.45) is 11.7 Å². The molecule has 0 aliphatic heterocycles. The number of carbonyl (C=O) groups is 1. The van der Waals surface area contributed by atoms with Gasteiger partial charge in [-0.15, -0.1) is 0 Å². The van der Waals surface area contributed by atoms with Crippen LogP contribution in [0.4, 0.5) is 0 Å².